The molecule has 0 amide bonds. The highest BCUT2D eigenvalue weighted by atomic mass is 32.2. The van der Waals surface area contributed by atoms with E-state index in [-0.39, 0.29) is 24.0 Å². The van der Waals surface area contributed by atoms with Crippen LogP contribution in [0.1, 0.15) is 24.8 Å². The summed E-state index contributed by atoms with van der Waals surface area (Å²) < 4.78 is 40.0. The number of rotatable bonds is 7. The Morgan fingerprint density at radius 2 is 2.05 bits per heavy atom. The topological polar surface area (TPSA) is 66.4 Å². The predicted octanol–water partition coefficient (Wildman–Crippen LogP) is 1.41. The van der Waals surface area contributed by atoms with E-state index in [1.54, 1.807) is 6.07 Å². The van der Waals surface area contributed by atoms with E-state index in [9.17, 15) is 12.8 Å². The SMILES string of the molecule is O=S(=O)(Cc1ccccc1F)NC(CCO)C1CC1. The molecule has 1 unspecified atom stereocenters. The van der Waals surface area contributed by atoms with Gasteiger partial charge in [0.25, 0.3) is 0 Å². The molecule has 0 aromatic heterocycles. The zero-order valence-electron chi connectivity index (χ0n) is 10.5. The molecule has 1 atom stereocenters. The maximum atomic E-state index is 13.4. The minimum atomic E-state index is -3.58. The summed E-state index contributed by atoms with van der Waals surface area (Å²) >= 11 is 0. The first-order valence-electron chi connectivity index (χ1n) is 6.36. The minimum absolute atomic E-state index is 0.0522. The Kier molecular flexibility index (Phi) is 4.54. The van der Waals surface area contributed by atoms with E-state index in [1.807, 2.05) is 0 Å². The van der Waals surface area contributed by atoms with Gasteiger partial charge in [0.15, 0.2) is 0 Å². The summed E-state index contributed by atoms with van der Waals surface area (Å²) in [6.45, 7) is -0.0522. The normalized spacial score (nSPS) is 17.4. The Hall–Kier alpha value is -0.980. The quantitative estimate of drug-likeness (QED) is 0.797. The van der Waals surface area contributed by atoms with Crippen molar-refractivity contribution >= 4 is 10.0 Å². The van der Waals surface area contributed by atoms with Crippen molar-refractivity contribution in [1.29, 1.82) is 0 Å². The van der Waals surface area contributed by atoms with E-state index >= 15 is 0 Å². The number of aliphatic hydroxyl groups excluding tert-OH is 1. The van der Waals surface area contributed by atoms with Crippen molar-refractivity contribution in [3.8, 4) is 0 Å². The van der Waals surface area contributed by atoms with Gasteiger partial charge in [0, 0.05) is 18.2 Å². The second-order valence-electron chi connectivity index (χ2n) is 4.92. The molecule has 0 saturated heterocycles. The van der Waals surface area contributed by atoms with E-state index in [0.717, 1.165) is 12.8 Å². The van der Waals surface area contributed by atoms with Gasteiger partial charge in [-0.15, -0.1) is 0 Å². The lowest BCUT2D eigenvalue weighted by Gasteiger charge is -2.17. The number of sulfonamides is 1. The molecule has 0 radical (unpaired) electrons. The molecule has 1 saturated carbocycles. The Bertz CT molecular complexity index is 528. The summed E-state index contributed by atoms with van der Waals surface area (Å²) in [5, 5.41) is 8.95. The fourth-order valence-electron chi connectivity index (χ4n) is 2.12. The van der Waals surface area contributed by atoms with E-state index in [1.165, 1.54) is 18.2 Å². The van der Waals surface area contributed by atoms with Gasteiger partial charge >= 0.3 is 0 Å². The molecule has 1 fully saturated rings. The number of aliphatic hydroxyl groups is 1. The maximum absolute atomic E-state index is 13.4. The van der Waals surface area contributed by atoms with Crippen molar-refractivity contribution in [2.75, 3.05) is 6.61 Å². The largest absolute Gasteiger partial charge is 0.396 e. The number of benzene rings is 1. The van der Waals surface area contributed by atoms with Crippen molar-refractivity contribution in [1.82, 2.24) is 4.72 Å². The van der Waals surface area contributed by atoms with Crippen LogP contribution in [0.3, 0.4) is 0 Å². The predicted molar refractivity (Wildman–Crippen MR) is 70.4 cm³/mol. The van der Waals surface area contributed by atoms with E-state index in [0.29, 0.717) is 12.3 Å². The van der Waals surface area contributed by atoms with Crippen LogP contribution in [0.5, 0.6) is 0 Å². The Morgan fingerprint density at radius 1 is 1.37 bits per heavy atom. The molecule has 4 nitrogen and oxygen atoms in total. The Morgan fingerprint density at radius 3 is 2.63 bits per heavy atom. The van der Waals surface area contributed by atoms with Crippen molar-refractivity contribution in [2.45, 2.75) is 31.1 Å². The Balaban J connectivity index is 2.03. The van der Waals surface area contributed by atoms with Gasteiger partial charge in [0.1, 0.15) is 5.82 Å². The molecule has 106 valence electrons. The third-order valence-corrected chi connectivity index (χ3v) is 4.62. The second kappa shape index (κ2) is 5.98. The first-order chi connectivity index (χ1) is 9.02. The molecule has 1 aliphatic carbocycles. The molecule has 1 aromatic rings. The van der Waals surface area contributed by atoms with Crippen molar-refractivity contribution in [3.05, 3.63) is 35.6 Å². The molecular formula is C13H18FNO3S. The first-order valence-corrected chi connectivity index (χ1v) is 8.01. The highest BCUT2D eigenvalue weighted by Gasteiger charge is 2.33. The molecule has 2 rings (SSSR count). The van der Waals surface area contributed by atoms with Gasteiger partial charge in [-0.3, -0.25) is 0 Å². The highest BCUT2D eigenvalue weighted by molar-refractivity contribution is 7.88. The van der Waals surface area contributed by atoms with Crippen molar-refractivity contribution in [2.24, 2.45) is 5.92 Å². The van der Waals surface area contributed by atoms with Crippen LogP contribution in [0.4, 0.5) is 4.39 Å². The fraction of sp³-hybridized carbons (Fsp3) is 0.538. The molecule has 0 bridgehead atoms. The smallest absolute Gasteiger partial charge is 0.216 e. The van der Waals surface area contributed by atoms with Gasteiger partial charge in [0.05, 0.1) is 5.75 Å². The number of hydrogen-bond acceptors (Lipinski definition) is 3. The molecule has 0 spiro atoms. The standard InChI is InChI=1S/C13H18FNO3S/c14-12-4-2-1-3-11(12)9-19(17,18)15-13(7-8-16)10-5-6-10/h1-4,10,13,15-16H,5-9H2. The molecular weight excluding hydrogens is 269 g/mol. The van der Waals surface area contributed by atoms with Gasteiger partial charge < -0.3 is 5.11 Å². The van der Waals surface area contributed by atoms with Crippen molar-refractivity contribution in [3.63, 3.8) is 0 Å². The van der Waals surface area contributed by atoms with Gasteiger partial charge in [-0.2, -0.15) is 0 Å². The zero-order chi connectivity index (χ0) is 13.9. The molecule has 2 N–H and O–H groups in total. The Labute approximate surface area is 112 Å². The molecule has 6 heteroatoms. The van der Waals surface area contributed by atoms with Crippen LogP contribution in [0.25, 0.3) is 0 Å². The van der Waals surface area contributed by atoms with Crippen LogP contribution in [0.15, 0.2) is 24.3 Å². The summed E-state index contributed by atoms with van der Waals surface area (Å²) in [7, 11) is -3.58. The average Bonchev–Trinajstić information content (AvgIpc) is 3.15. The zero-order valence-corrected chi connectivity index (χ0v) is 11.4. The van der Waals surface area contributed by atoms with E-state index in [4.69, 9.17) is 5.11 Å². The summed E-state index contributed by atoms with van der Waals surface area (Å²) in [5.41, 5.74) is 0.161. The first kappa shape index (κ1) is 14.4. The molecule has 1 aromatic carbocycles. The van der Waals surface area contributed by atoms with E-state index < -0.39 is 15.8 Å². The fourth-order valence-corrected chi connectivity index (χ4v) is 3.62. The van der Waals surface area contributed by atoms with Crippen molar-refractivity contribution < 1.29 is 17.9 Å². The van der Waals surface area contributed by atoms with Gasteiger partial charge in [-0.1, -0.05) is 18.2 Å². The van der Waals surface area contributed by atoms with Crippen LogP contribution in [-0.2, 0) is 15.8 Å². The maximum Gasteiger partial charge on any atom is 0.216 e. The van der Waals surface area contributed by atoms with Crippen LogP contribution in [0.2, 0.25) is 0 Å². The van der Waals surface area contributed by atoms with Crippen LogP contribution < -0.4 is 4.72 Å². The summed E-state index contributed by atoms with van der Waals surface area (Å²) in [5.74, 6) is -0.575. The molecule has 0 aliphatic heterocycles. The lowest BCUT2D eigenvalue weighted by Crippen LogP contribution is -2.37. The molecule has 1 aliphatic rings. The lowest BCUT2D eigenvalue weighted by molar-refractivity contribution is 0.265. The summed E-state index contributed by atoms with van der Waals surface area (Å²) in [6, 6.07) is 5.61. The monoisotopic (exact) mass is 287 g/mol. The third-order valence-electron chi connectivity index (χ3n) is 3.27. The second-order valence-corrected chi connectivity index (χ2v) is 6.68. The minimum Gasteiger partial charge on any atom is -0.396 e. The number of hydrogen-bond donors (Lipinski definition) is 2. The summed E-state index contributed by atoms with van der Waals surface area (Å²) in [4.78, 5) is 0. The number of halogens is 1. The van der Waals surface area contributed by atoms with Gasteiger partial charge in [0.2, 0.25) is 10.0 Å². The van der Waals surface area contributed by atoms with Crippen LogP contribution >= 0.6 is 0 Å². The lowest BCUT2D eigenvalue weighted by atomic mass is 10.1. The summed E-state index contributed by atoms with van der Waals surface area (Å²) in [6.07, 6.45) is 2.36. The average molecular weight is 287 g/mol. The van der Waals surface area contributed by atoms with Gasteiger partial charge in [-0.05, 0) is 31.2 Å². The van der Waals surface area contributed by atoms with Gasteiger partial charge in [-0.25, -0.2) is 17.5 Å². The van der Waals surface area contributed by atoms with Crippen LogP contribution in [0, 0.1) is 11.7 Å². The number of nitrogens with one attached hydrogen (secondary N) is 1. The third kappa shape index (κ3) is 4.26. The van der Waals surface area contributed by atoms with Crippen LogP contribution in [-0.4, -0.2) is 26.2 Å². The molecule has 19 heavy (non-hydrogen) atoms. The molecule has 0 heterocycles. The van der Waals surface area contributed by atoms with E-state index in [2.05, 4.69) is 4.72 Å². The highest BCUT2D eigenvalue weighted by Crippen LogP contribution is 2.34.